The van der Waals surface area contributed by atoms with Gasteiger partial charge in [0.1, 0.15) is 11.5 Å². The Morgan fingerprint density at radius 2 is 1.77 bits per heavy atom. The zero-order valence-corrected chi connectivity index (χ0v) is 18.6. The number of hydrogen-bond acceptors (Lipinski definition) is 4. The lowest BCUT2D eigenvalue weighted by Crippen LogP contribution is -2.33. The van der Waals surface area contributed by atoms with Crippen LogP contribution in [0.5, 0.6) is 11.5 Å². The number of fused-ring (bicyclic) bond motifs is 3. The van der Waals surface area contributed by atoms with Crippen LogP contribution in [0, 0.1) is 0 Å². The molecule has 5 heteroatoms. The summed E-state index contributed by atoms with van der Waals surface area (Å²) in [6, 6.07) is 22.7. The highest BCUT2D eigenvalue weighted by molar-refractivity contribution is 6.30. The summed E-state index contributed by atoms with van der Waals surface area (Å²) in [5, 5.41) is 7.81. The van der Waals surface area contributed by atoms with E-state index in [2.05, 4.69) is 55.3 Å². The summed E-state index contributed by atoms with van der Waals surface area (Å²) < 4.78 is 11.8. The molecule has 0 unspecified atom stereocenters. The average molecular weight is 433 g/mol. The van der Waals surface area contributed by atoms with E-state index in [1.165, 1.54) is 5.56 Å². The van der Waals surface area contributed by atoms with Crippen molar-refractivity contribution < 1.29 is 9.47 Å². The van der Waals surface area contributed by atoms with E-state index < -0.39 is 0 Å². The Hall–Kier alpha value is -2.98. The molecule has 3 aromatic rings. The van der Waals surface area contributed by atoms with Crippen LogP contribution in [0.4, 0.5) is 0 Å². The van der Waals surface area contributed by atoms with Crippen molar-refractivity contribution in [3.8, 4) is 11.5 Å². The van der Waals surface area contributed by atoms with Crippen LogP contribution in [0.25, 0.3) is 0 Å². The average Bonchev–Trinajstić information content (AvgIpc) is 3.24. The van der Waals surface area contributed by atoms with Gasteiger partial charge in [-0.25, -0.2) is 5.01 Å². The molecular formula is C26H25ClN2O2. The maximum Gasteiger partial charge on any atom is 0.213 e. The van der Waals surface area contributed by atoms with Gasteiger partial charge in [0.2, 0.25) is 6.23 Å². The van der Waals surface area contributed by atoms with E-state index in [0.717, 1.165) is 40.3 Å². The van der Waals surface area contributed by atoms with Crippen molar-refractivity contribution in [3.63, 3.8) is 0 Å². The van der Waals surface area contributed by atoms with Gasteiger partial charge in [0.05, 0.1) is 18.9 Å². The van der Waals surface area contributed by atoms with Gasteiger partial charge in [0.25, 0.3) is 0 Å². The van der Waals surface area contributed by atoms with Crippen molar-refractivity contribution in [1.82, 2.24) is 5.01 Å². The zero-order chi connectivity index (χ0) is 21.5. The third-order valence-corrected chi connectivity index (χ3v) is 6.30. The van der Waals surface area contributed by atoms with Gasteiger partial charge in [-0.05, 0) is 59.5 Å². The molecule has 2 atom stereocenters. The van der Waals surface area contributed by atoms with Crippen LogP contribution < -0.4 is 9.47 Å². The second-order valence-electron chi connectivity index (χ2n) is 8.35. The molecule has 2 aliphatic rings. The van der Waals surface area contributed by atoms with Crippen LogP contribution >= 0.6 is 11.6 Å². The molecule has 2 aliphatic heterocycles. The predicted octanol–water partition coefficient (Wildman–Crippen LogP) is 6.71. The standard InChI is InChI=1S/C26H25ClN2O2/c1-16(2)17-4-6-19(7-5-17)26-29-24(22-14-20(27)10-13-25(22)31-26)15-23(28-29)18-8-11-21(30-3)12-9-18/h4-14,16,24,26H,15H2,1-3H3/t24-,26+/m0/s1. The fourth-order valence-corrected chi connectivity index (χ4v) is 4.46. The molecule has 0 saturated heterocycles. The number of nitrogens with zero attached hydrogens (tertiary/aromatic N) is 2. The lowest BCUT2D eigenvalue weighted by Gasteiger charge is -2.38. The second-order valence-corrected chi connectivity index (χ2v) is 8.79. The molecule has 0 amide bonds. The summed E-state index contributed by atoms with van der Waals surface area (Å²) in [7, 11) is 1.68. The third kappa shape index (κ3) is 3.66. The van der Waals surface area contributed by atoms with E-state index in [0.29, 0.717) is 10.9 Å². The molecule has 158 valence electrons. The lowest BCUT2D eigenvalue weighted by molar-refractivity contribution is -0.0190. The van der Waals surface area contributed by atoms with Crippen molar-refractivity contribution in [2.24, 2.45) is 5.10 Å². The summed E-state index contributed by atoms with van der Waals surface area (Å²) in [5.74, 6) is 2.20. The molecule has 31 heavy (non-hydrogen) atoms. The van der Waals surface area contributed by atoms with Crippen LogP contribution in [0.15, 0.2) is 71.8 Å². The number of rotatable bonds is 4. The minimum absolute atomic E-state index is 0.0781. The van der Waals surface area contributed by atoms with Crippen LogP contribution in [0.3, 0.4) is 0 Å². The molecule has 0 radical (unpaired) electrons. The number of ether oxygens (including phenoxy) is 2. The largest absolute Gasteiger partial charge is 0.497 e. The molecule has 4 nitrogen and oxygen atoms in total. The SMILES string of the molecule is COc1ccc(C2=NN3[C@@H](c4ccc(C(C)C)cc4)Oc4ccc(Cl)cc4[C@@H]3C2)cc1. The Kier molecular flexibility index (Phi) is 5.11. The second kappa shape index (κ2) is 7.93. The number of methoxy groups -OCH3 is 1. The Balaban J connectivity index is 1.55. The Bertz CT molecular complexity index is 1120. The fraction of sp³-hybridized carbons (Fsp3) is 0.269. The van der Waals surface area contributed by atoms with Gasteiger partial charge >= 0.3 is 0 Å². The van der Waals surface area contributed by atoms with Crippen LogP contribution in [0.2, 0.25) is 5.02 Å². The number of benzene rings is 3. The van der Waals surface area contributed by atoms with Crippen molar-refractivity contribution >= 4 is 17.3 Å². The summed E-state index contributed by atoms with van der Waals surface area (Å²) in [6.45, 7) is 4.40. The highest BCUT2D eigenvalue weighted by atomic mass is 35.5. The van der Waals surface area contributed by atoms with E-state index >= 15 is 0 Å². The van der Waals surface area contributed by atoms with E-state index in [4.69, 9.17) is 26.2 Å². The van der Waals surface area contributed by atoms with Crippen molar-refractivity contribution in [2.45, 2.75) is 38.5 Å². The number of halogens is 1. The quantitative estimate of drug-likeness (QED) is 0.459. The number of hydrazone groups is 1. The van der Waals surface area contributed by atoms with Crippen molar-refractivity contribution in [2.75, 3.05) is 7.11 Å². The topological polar surface area (TPSA) is 34.1 Å². The molecule has 5 rings (SSSR count). The highest BCUT2D eigenvalue weighted by Gasteiger charge is 2.41. The normalized spacial score (nSPS) is 19.5. The summed E-state index contributed by atoms with van der Waals surface area (Å²) in [4.78, 5) is 0. The maximum absolute atomic E-state index is 6.45. The molecule has 0 aromatic heterocycles. The highest BCUT2D eigenvalue weighted by Crippen LogP contribution is 2.48. The first kappa shape index (κ1) is 20.0. The molecule has 2 heterocycles. The van der Waals surface area contributed by atoms with Crippen molar-refractivity contribution in [3.05, 3.63) is 94.0 Å². The van der Waals surface area contributed by atoms with Crippen LogP contribution in [-0.4, -0.2) is 17.8 Å². The van der Waals surface area contributed by atoms with Gasteiger partial charge in [0, 0.05) is 22.6 Å². The summed E-state index contributed by atoms with van der Waals surface area (Å²) in [5.41, 5.74) is 5.61. The van der Waals surface area contributed by atoms with Gasteiger partial charge in [-0.3, -0.25) is 0 Å². The fourth-order valence-electron chi connectivity index (χ4n) is 4.28. The van der Waals surface area contributed by atoms with Gasteiger partial charge < -0.3 is 9.47 Å². The Morgan fingerprint density at radius 1 is 1.03 bits per heavy atom. The van der Waals surface area contributed by atoms with Crippen LogP contribution in [0.1, 0.15) is 60.7 Å². The molecule has 3 aromatic carbocycles. The summed E-state index contributed by atoms with van der Waals surface area (Å²) >= 11 is 6.33. The smallest absolute Gasteiger partial charge is 0.213 e. The predicted molar refractivity (Wildman–Crippen MR) is 124 cm³/mol. The third-order valence-electron chi connectivity index (χ3n) is 6.06. The van der Waals surface area contributed by atoms with Crippen LogP contribution in [-0.2, 0) is 0 Å². The van der Waals surface area contributed by atoms with E-state index in [9.17, 15) is 0 Å². The molecule has 0 aliphatic carbocycles. The van der Waals surface area contributed by atoms with E-state index in [-0.39, 0.29) is 12.3 Å². The number of hydrogen-bond donors (Lipinski definition) is 0. The first-order chi connectivity index (χ1) is 15.0. The lowest BCUT2D eigenvalue weighted by atomic mass is 9.95. The molecule has 0 N–H and O–H groups in total. The first-order valence-electron chi connectivity index (χ1n) is 10.6. The van der Waals surface area contributed by atoms with E-state index in [1.54, 1.807) is 7.11 Å². The molecule has 0 saturated carbocycles. The Morgan fingerprint density at radius 3 is 2.45 bits per heavy atom. The van der Waals surface area contributed by atoms with Gasteiger partial charge in [-0.2, -0.15) is 5.10 Å². The van der Waals surface area contributed by atoms with Gasteiger partial charge in [0.15, 0.2) is 0 Å². The molecule has 0 spiro atoms. The van der Waals surface area contributed by atoms with Crippen molar-refractivity contribution in [1.29, 1.82) is 0 Å². The Labute approximate surface area is 188 Å². The minimum atomic E-state index is -0.282. The first-order valence-corrected chi connectivity index (χ1v) is 11.0. The molecule has 0 fully saturated rings. The zero-order valence-electron chi connectivity index (χ0n) is 17.9. The maximum atomic E-state index is 6.45. The molecule has 0 bridgehead atoms. The monoisotopic (exact) mass is 432 g/mol. The summed E-state index contributed by atoms with van der Waals surface area (Å²) in [6.07, 6.45) is 0.513. The minimum Gasteiger partial charge on any atom is -0.497 e. The van der Waals surface area contributed by atoms with E-state index in [1.807, 2.05) is 30.3 Å². The van der Waals surface area contributed by atoms with Gasteiger partial charge in [-0.1, -0.05) is 49.7 Å². The van der Waals surface area contributed by atoms with Gasteiger partial charge in [-0.15, -0.1) is 0 Å². The molecular weight excluding hydrogens is 408 g/mol.